The van der Waals surface area contributed by atoms with Crippen LogP contribution in [0.5, 0.6) is 0 Å². The Balaban J connectivity index is 0.00000289. The highest BCUT2D eigenvalue weighted by Gasteiger charge is 2.03. The summed E-state index contributed by atoms with van der Waals surface area (Å²) < 4.78 is 1.08. The van der Waals surface area contributed by atoms with Gasteiger partial charge in [-0.1, -0.05) is 12.1 Å². The summed E-state index contributed by atoms with van der Waals surface area (Å²) in [5, 5.41) is 2.84. The van der Waals surface area contributed by atoms with Crippen molar-refractivity contribution in [1.82, 2.24) is 5.32 Å². The summed E-state index contributed by atoms with van der Waals surface area (Å²) >= 11 is 5.16. The molecule has 0 aromatic heterocycles. The van der Waals surface area contributed by atoms with Gasteiger partial charge in [-0.15, -0.1) is 24.2 Å². The van der Waals surface area contributed by atoms with Gasteiger partial charge in [0.2, 0.25) is 5.91 Å². The van der Waals surface area contributed by atoms with E-state index in [0.29, 0.717) is 19.5 Å². The topological polar surface area (TPSA) is 55.1 Å². The van der Waals surface area contributed by atoms with Gasteiger partial charge in [0.25, 0.3) is 0 Å². The molecule has 102 valence electrons. The third kappa shape index (κ3) is 7.26. The van der Waals surface area contributed by atoms with Crippen LogP contribution in [0.1, 0.15) is 12.8 Å². The molecule has 0 saturated carbocycles. The molecule has 6 heteroatoms. The van der Waals surface area contributed by atoms with Gasteiger partial charge in [0.15, 0.2) is 0 Å². The number of hydrogen-bond donors (Lipinski definition) is 2. The summed E-state index contributed by atoms with van der Waals surface area (Å²) in [5.41, 5.74) is 5.35. The van der Waals surface area contributed by atoms with E-state index in [-0.39, 0.29) is 18.3 Å². The monoisotopic (exact) mass is 352 g/mol. The molecule has 0 spiro atoms. The molecule has 0 radical (unpaired) electrons. The molecule has 1 aromatic rings. The zero-order valence-corrected chi connectivity index (χ0v) is 13.2. The average molecular weight is 354 g/mol. The first kappa shape index (κ1) is 17.8. The van der Waals surface area contributed by atoms with Gasteiger partial charge >= 0.3 is 0 Å². The van der Waals surface area contributed by atoms with Gasteiger partial charge in [-0.25, -0.2) is 0 Å². The molecule has 1 amide bonds. The van der Waals surface area contributed by atoms with E-state index < -0.39 is 0 Å². The van der Waals surface area contributed by atoms with Crippen LogP contribution in [0.15, 0.2) is 33.6 Å². The standard InChI is InChI=1S/C12H17BrN2OS.ClH/c13-10-4-1-2-5-11(10)17-9-6-12(16)15-8-3-7-14;/h1-2,4-5H,3,6-9,14H2,(H,15,16);1H. The Morgan fingerprint density at radius 2 is 2.11 bits per heavy atom. The fourth-order valence-corrected chi connectivity index (χ4v) is 2.75. The minimum atomic E-state index is 0. The molecular weight excluding hydrogens is 336 g/mol. The summed E-state index contributed by atoms with van der Waals surface area (Å²) in [7, 11) is 0. The van der Waals surface area contributed by atoms with Crippen molar-refractivity contribution >= 4 is 46.0 Å². The van der Waals surface area contributed by atoms with Crippen molar-refractivity contribution in [2.75, 3.05) is 18.8 Å². The van der Waals surface area contributed by atoms with Crippen LogP contribution in [0.25, 0.3) is 0 Å². The van der Waals surface area contributed by atoms with E-state index in [4.69, 9.17) is 5.73 Å². The zero-order valence-electron chi connectivity index (χ0n) is 10.0. The lowest BCUT2D eigenvalue weighted by molar-refractivity contribution is -0.120. The van der Waals surface area contributed by atoms with Gasteiger partial charge in [0.1, 0.15) is 0 Å². The first-order valence-corrected chi connectivity index (χ1v) is 7.36. The Labute approximate surface area is 127 Å². The molecule has 0 heterocycles. The van der Waals surface area contributed by atoms with Crippen molar-refractivity contribution in [2.45, 2.75) is 17.7 Å². The maximum absolute atomic E-state index is 11.4. The SMILES string of the molecule is Cl.NCCCNC(=O)CCSc1ccccc1Br. The number of nitrogens with two attached hydrogens (primary N) is 1. The Kier molecular flexibility index (Phi) is 10.5. The van der Waals surface area contributed by atoms with E-state index in [9.17, 15) is 4.79 Å². The molecule has 0 aliphatic carbocycles. The smallest absolute Gasteiger partial charge is 0.220 e. The van der Waals surface area contributed by atoms with Crippen LogP contribution in [-0.2, 0) is 4.79 Å². The third-order valence-corrected chi connectivity index (χ3v) is 4.16. The third-order valence-electron chi connectivity index (χ3n) is 2.13. The maximum Gasteiger partial charge on any atom is 0.220 e. The van der Waals surface area contributed by atoms with Crippen LogP contribution in [0.3, 0.4) is 0 Å². The number of nitrogens with one attached hydrogen (secondary N) is 1. The van der Waals surface area contributed by atoms with Gasteiger partial charge in [0, 0.05) is 28.1 Å². The molecule has 0 aliphatic heterocycles. The van der Waals surface area contributed by atoms with Crippen LogP contribution in [0, 0.1) is 0 Å². The second-order valence-electron chi connectivity index (χ2n) is 3.52. The van der Waals surface area contributed by atoms with E-state index in [1.54, 1.807) is 11.8 Å². The number of thioether (sulfide) groups is 1. The summed E-state index contributed by atoms with van der Waals surface area (Å²) in [5.74, 6) is 0.884. The van der Waals surface area contributed by atoms with Crippen LogP contribution in [0.4, 0.5) is 0 Å². The van der Waals surface area contributed by atoms with E-state index in [1.807, 2.05) is 24.3 Å². The lowest BCUT2D eigenvalue weighted by Crippen LogP contribution is -2.26. The molecule has 1 rings (SSSR count). The van der Waals surface area contributed by atoms with Gasteiger partial charge in [-0.05, 0) is 41.0 Å². The van der Waals surface area contributed by atoms with E-state index >= 15 is 0 Å². The highest BCUT2D eigenvalue weighted by atomic mass is 79.9. The number of rotatable bonds is 7. The molecule has 3 nitrogen and oxygen atoms in total. The highest BCUT2D eigenvalue weighted by Crippen LogP contribution is 2.27. The fraction of sp³-hybridized carbons (Fsp3) is 0.417. The Morgan fingerprint density at radius 3 is 2.78 bits per heavy atom. The van der Waals surface area contributed by atoms with E-state index in [1.165, 1.54) is 4.90 Å². The number of amides is 1. The summed E-state index contributed by atoms with van der Waals surface area (Å²) in [6, 6.07) is 8.02. The summed E-state index contributed by atoms with van der Waals surface area (Å²) in [4.78, 5) is 12.6. The predicted octanol–water partition coefficient (Wildman–Crippen LogP) is 2.82. The van der Waals surface area contributed by atoms with Gasteiger partial charge in [0.05, 0.1) is 0 Å². The number of benzene rings is 1. The summed E-state index contributed by atoms with van der Waals surface area (Å²) in [6.45, 7) is 1.29. The molecule has 0 saturated heterocycles. The first-order chi connectivity index (χ1) is 8.24. The molecule has 0 atom stereocenters. The number of carbonyl (C=O) groups is 1. The van der Waals surface area contributed by atoms with Crippen LogP contribution < -0.4 is 11.1 Å². The first-order valence-electron chi connectivity index (χ1n) is 5.58. The largest absolute Gasteiger partial charge is 0.356 e. The van der Waals surface area contributed by atoms with Crippen molar-refractivity contribution in [2.24, 2.45) is 5.73 Å². The minimum absolute atomic E-state index is 0. The van der Waals surface area contributed by atoms with Gasteiger partial charge in [-0.2, -0.15) is 0 Å². The number of halogens is 2. The molecule has 0 unspecified atom stereocenters. The predicted molar refractivity (Wildman–Crippen MR) is 83.4 cm³/mol. The van der Waals surface area contributed by atoms with Gasteiger partial charge in [-0.3, -0.25) is 4.79 Å². The molecule has 0 bridgehead atoms. The van der Waals surface area contributed by atoms with E-state index in [2.05, 4.69) is 21.2 Å². The van der Waals surface area contributed by atoms with Crippen LogP contribution in [0.2, 0.25) is 0 Å². The van der Waals surface area contributed by atoms with Crippen molar-refractivity contribution in [1.29, 1.82) is 0 Å². The second-order valence-corrected chi connectivity index (χ2v) is 5.51. The van der Waals surface area contributed by atoms with Crippen LogP contribution >= 0.6 is 40.1 Å². The summed E-state index contributed by atoms with van der Waals surface area (Å²) in [6.07, 6.45) is 1.37. The molecule has 3 N–H and O–H groups in total. The molecule has 18 heavy (non-hydrogen) atoms. The fourth-order valence-electron chi connectivity index (χ4n) is 1.23. The normalized spacial score (nSPS) is 9.67. The van der Waals surface area contributed by atoms with Crippen molar-refractivity contribution < 1.29 is 4.79 Å². The molecule has 0 aliphatic rings. The quantitative estimate of drug-likeness (QED) is 0.585. The van der Waals surface area contributed by atoms with Crippen LogP contribution in [-0.4, -0.2) is 24.7 Å². The lowest BCUT2D eigenvalue weighted by atomic mass is 10.4. The second kappa shape index (κ2) is 10.7. The number of hydrogen-bond acceptors (Lipinski definition) is 3. The Bertz CT molecular complexity index is 366. The highest BCUT2D eigenvalue weighted by molar-refractivity contribution is 9.10. The molecule has 0 fully saturated rings. The zero-order chi connectivity index (χ0) is 12.5. The average Bonchev–Trinajstić information content (AvgIpc) is 2.32. The Hall–Kier alpha value is -0.230. The van der Waals surface area contributed by atoms with Crippen molar-refractivity contribution in [3.8, 4) is 0 Å². The lowest BCUT2D eigenvalue weighted by Gasteiger charge is -2.05. The maximum atomic E-state index is 11.4. The number of carbonyl (C=O) groups excluding carboxylic acids is 1. The molecule has 1 aromatic carbocycles. The van der Waals surface area contributed by atoms with E-state index in [0.717, 1.165) is 16.6 Å². The molecular formula is C12H18BrClN2OS. The van der Waals surface area contributed by atoms with Gasteiger partial charge < -0.3 is 11.1 Å². The van der Waals surface area contributed by atoms with Crippen molar-refractivity contribution in [3.63, 3.8) is 0 Å². The Morgan fingerprint density at radius 1 is 1.39 bits per heavy atom. The van der Waals surface area contributed by atoms with Crippen molar-refractivity contribution in [3.05, 3.63) is 28.7 Å². The minimum Gasteiger partial charge on any atom is -0.356 e.